The molecule has 2 fully saturated rings. The fourth-order valence-electron chi connectivity index (χ4n) is 3.24. The van der Waals surface area contributed by atoms with Crippen molar-refractivity contribution in [2.45, 2.75) is 70.2 Å². The minimum Gasteiger partial charge on any atom is -0.400 e. The first-order chi connectivity index (χ1) is 8.30. The Hall–Kier alpha value is -0.315. The van der Waals surface area contributed by atoms with Crippen molar-refractivity contribution in [3.8, 4) is 0 Å². The van der Waals surface area contributed by atoms with E-state index in [9.17, 15) is 0 Å². The zero-order chi connectivity index (χ0) is 13.1. The van der Waals surface area contributed by atoms with E-state index in [2.05, 4.69) is 45.7 Å². The molecule has 3 heterocycles. The summed E-state index contributed by atoms with van der Waals surface area (Å²) >= 11 is 0. The Morgan fingerprint density at radius 1 is 1.17 bits per heavy atom. The predicted molar refractivity (Wildman–Crippen MR) is 73.4 cm³/mol. The molecule has 0 aromatic carbocycles. The minimum atomic E-state index is -0.221. The topological polar surface area (TPSA) is 21.7 Å². The number of fused-ring (bicyclic) bond motifs is 2. The number of hydrogen-bond donors (Lipinski definition) is 0. The molecule has 3 aliphatic heterocycles. The number of hydrogen-bond acceptors (Lipinski definition) is 3. The van der Waals surface area contributed by atoms with E-state index >= 15 is 0 Å². The predicted octanol–water partition coefficient (Wildman–Crippen LogP) is 2.41. The van der Waals surface area contributed by atoms with Gasteiger partial charge in [-0.3, -0.25) is 4.90 Å². The summed E-state index contributed by atoms with van der Waals surface area (Å²) in [6, 6.07) is 1.28. The van der Waals surface area contributed by atoms with E-state index in [4.69, 9.17) is 9.31 Å². The Labute approximate surface area is 111 Å². The van der Waals surface area contributed by atoms with Crippen LogP contribution in [0.4, 0.5) is 0 Å². The summed E-state index contributed by atoms with van der Waals surface area (Å²) in [5.74, 6) is 0. The lowest BCUT2D eigenvalue weighted by atomic mass is 9.73. The molecule has 0 radical (unpaired) electrons. The first-order valence-corrected chi connectivity index (χ1v) is 7.08. The Kier molecular flexibility index (Phi) is 2.71. The summed E-state index contributed by atoms with van der Waals surface area (Å²) in [7, 11) is 2.10. The van der Waals surface area contributed by atoms with Crippen LogP contribution in [-0.4, -0.2) is 42.4 Å². The van der Waals surface area contributed by atoms with Crippen molar-refractivity contribution < 1.29 is 9.31 Å². The third-order valence-corrected chi connectivity index (χ3v) is 5.33. The quantitative estimate of drug-likeness (QED) is 0.666. The molecule has 0 amide bonds. The zero-order valence-electron chi connectivity index (χ0n) is 12.2. The third kappa shape index (κ3) is 1.77. The van der Waals surface area contributed by atoms with Gasteiger partial charge in [0.1, 0.15) is 0 Å². The number of nitrogens with zero attached hydrogens (tertiary/aromatic N) is 1. The fraction of sp³-hybridized carbons (Fsp3) is 0.857. The molecule has 0 aromatic rings. The van der Waals surface area contributed by atoms with E-state index in [1.54, 1.807) is 0 Å². The monoisotopic (exact) mass is 249 g/mol. The van der Waals surface area contributed by atoms with Gasteiger partial charge in [0.25, 0.3) is 0 Å². The van der Waals surface area contributed by atoms with Crippen molar-refractivity contribution in [3.05, 3.63) is 11.5 Å². The average Bonchev–Trinajstić information content (AvgIpc) is 2.59. The second kappa shape index (κ2) is 3.84. The van der Waals surface area contributed by atoms with Crippen LogP contribution in [0.25, 0.3) is 0 Å². The molecule has 18 heavy (non-hydrogen) atoms. The normalized spacial score (nSPS) is 38.1. The van der Waals surface area contributed by atoms with Gasteiger partial charge in [-0.2, -0.15) is 0 Å². The van der Waals surface area contributed by atoms with Crippen LogP contribution in [0, 0.1) is 0 Å². The molecule has 2 saturated heterocycles. The number of rotatable bonds is 1. The number of likely N-dealkylation sites (N-methyl/N-ethyl adjacent to an activating group) is 1. The van der Waals surface area contributed by atoms with E-state index < -0.39 is 0 Å². The van der Waals surface area contributed by atoms with E-state index in [0.29, 0.717) is 12.1 Å². The van der Waals surface area contributed by atoms with Gasteiger partial charge in [-0.05, 0) is 59.5 Å². The van der Waals surface area contributed by atoms with Gasteiger partial charge >= 0.3 is 7.12 Å². The van der Waals surface area contributed by atoms with Crippen molar-refractivity contribution >= 4 is 7.12 Å². The maximum atomic E-state index is 6.15. The largest absolute Gasteiger partial charge is 0.490 e. The van der Waals surface area contributed by atoms with Crippen LogP contribution in [0.1, 0.15) is 47.0 Å². The summed E-state index contributed by atoms with van der Waals surface area (Å²) in [5, 5.41) is 0. The molecule has 3 aliphatic rings. The highest BCUT2D eigenvalue weighted by Crippen LogP contribution is 2.42. The molecule has 0 aliphatic carbocycles. The van der Waals surface area contributed by atoms with Crippen LogP contribution in [0.15, 0.2) is 11.5 Å². The summed E-state index contributed by atoms with van der Waals surface area (Å²) in [6.45, 7) is 8.49. The summed E-state index contributed by atoms with van der Waals surface area (Å²) in [6.07, 6.45) is 6.07. The van der Waals surface area contributed by atoms with Crippen LogP contribution < -0.4 is 0 Å². The lowest BCUT2D eigenvalue weighted by molar-refractivity contribution is 0.00578. The molecule has 100 valence electrons. The highest BCUT2D eigenvalue weighted by molar-refractivity contribution is 6.54. The maximum absolute atomic E-state index is 6.15. The van der Waals surface area contributed by atoms with Gasteiger partial charge in [-0.1, -0.05) is 6.08 Å². The second-order valence-electron chi connectivity index (χ2n) is 7.00. The van der Waals surface area contributed by atoms with Crippen LogP contribution >= 0.6 is 0 Å². The average molecular weight is 249 g/mol. The molecule has 3 nitrogen and oxygen atoms in total. The van der Waals surface area contributed by atoms with Gasteiger partial charge in [-0.25, -0.2) is 0 Å². The third-order valence-electron chi connectivity index (χ3n) is 5.33. The van der Waals surface area contributed by atoms with Crippen LogP contribution in [0.2, 0.25) is 0 Å². The Morgan fingerprint density at radius 3 is 2.33 bits per heavy atom. The SMILES string of the molecule is CN1C2C=C(B3OC(C)(C)C(C)(C)O3)CC1CC2. The molecule has 0 saturated carbocycles. The van der Waals surface area contributed by atoms with E-state index in [1.165, 1.54) is 18.3 Å². The highest BCUT2D eigenvalue weighted by Gasteiger charge is 2.53. The lowest BCUT2D eigenvalue weighted by Gasteiger charge is -2.32. The van der Waals surface area contributed by atoms with Crippen LogP contribution in [-0.2, 0) is 9.31 Å². The van der Waals surface area contributed by atoms with Gasteiger partial charge in [0.2, 0.25) is 0 Å². The lowest BCUT2D eigenvalue weighted by Crippen LogP contribution is -2.41. The van der Waals surface area contributed by atoms with Gasteiger partial charge in [0.15, 0.2) is 0 Å². The Morgan fingerprint density at radius 2 is 1.78 bits per heavy atom. The molecule has 0 aromatic heterocycles. The summed E-state index contributed by atoms with van der Waals surface area (Å²) < 4.78 is 12.3. The second-order valence-corrected chi connectivity index (χ2v) is 7.00. The highest BCUT2D eigenvalue weighted by atomic mass is 16.7. The van der Waals surface area contributed by atoms with E-state index in [0.717, 1.165) is 6.42 Å². The molecular formula is C14H24BNO2. The van der Waals surface area contributed by atoms with E-state index in [1.807, 2.05) is 0 Å². The first-order valence-electron chi connectivity index (χ1n) is 7.08. The first kappa shape index (κ1) is 12.7. The van der Waals surface area contributed by atoms with Crippen molar-refractivity contribution in [3.63, 3.8) is 0 Å². The standard InChI is InChI=1S/C14H24BNO2/c1-13(2)14(3,4)18-15(17-13)10-8-11-6-7-12(9-10)16(11)5/h8,11-12H,6-7,9H2,1-5H3. The van der Waals surface area contributed by atoms with Gasteiger partial charge in [0, 0.05) is 12.1 Å². The van der Waals surface area contributed by atoms with Gasteiger partial charge < -0.3 is 9.31 Å². The smallest absolute Gasteiger partial charge is 0.400 e. The van der Waals surface area contributed by atoms with Crippen molar-refractivity contribution in [1.29, 1.82) is 0 Å². The van der Waals surface area contributed by atoms with Gasteiger partial charge in [-0.15, -0.1) is 0 Å². The van der Waals surface area contributed by atoms with Crippen molar-refractivity contribution in [2.24, 2.45) is 0 Å². The molecule has 0 spiro atoms. The molecule has 2 bridgehead atoms. The Bertz CT molecular complexity index is 375. The van der Waals surface area contributed by atoms with Gasteiger partial charge in [0.05, 0.1) is 11.2 Å². The van der Waals surface area contributed by atoms with Crippen LogP contribution in [0.5, 0.6) is 0 Å². The molecule has 4 heteroatoms. The molecule has 2 atom stereocenters. The van der Waals surface area contributed by atoms with Crippen LogP contribution in [0.3, 0.4) is 0 Å². The molecule has 2 unspecified atom stereocenters. The molecule has 0 N–H and O–H groups in total. The van der Waals surface area contributed by atoms with Crippen molar-refractivity contribution in [2.75, 3.05) is 7.05 Å². The maximum Gasteiger partial charge on any atom is 0.490 e. The minimum absolute atomic E-state index is 0.133. The summed E-state index contributed by atoms with van der Waals surface area (Å²) in [5.41, 5.74) is 0.918. The zero-order valence-corrected chi connectivity index (χ0v) is 12.2. The summed E-state index contributed by atoms with van der Waals surface area (Å²) in [4.78, 5) is 2.49. The fourth-order valence-corrected chi connectivity index (χ4v) is 3.24. The molecular weight excluding hydrogens is 225 g/mol. The molecule has 3 rings (SSSR count). The Balaban J connectivity index is 1.80. The van der Waals surface area contributed by atoms with Crippen molar-refractivity contribution in [1.82, 2.24) is 4.90 Å². The van der Waals surface area contributed by atoms with E-state index in [-0.39, 0.29) is 18.3 Å².